The SMILES string of the molecule is CCOc1ccc2c(c1)nc(C(C)Cl)n2CCC(C)C. The Hall–Kier alpha value is -1.22. The number of rotatable bonds is 6. The van der Waals surface area contributed by atoms with Gasteiger partial charge < -0.3 is 9.30 Å². The summed E-state index contributed by atoms with van der Waals surface area (Å²) >= 11 is 6.28. The normalized spacial score (nSPS) is 13.1. The van der Waals surface area contributed by atoms with Crippen molar-refractivity contribution in [1.82, 2.24) is 9.55 Å². The third-order valence-electron chi connectivity index (χ3n) is 3.35. The number of halogens is 1. The Labute approximate surface area is 125 Å². The predicted molar refractivity (Wildman–Crippen MR) is 84.6 cm³/mol. The summed E-state index contributed by atoms with van der Waals surface area (Å²) in [5, 5.41) is -0.0925. The summed E-state index contributed by atoms with van der Waals surface area (Å²) in [6.07, 6.45) is 1.12. The van der Waals surface area contributed by atoms with Crippen LogP contribution in [0.4, 0.5) is 0 Å². The number of hydrogen-bond donors (Lipinski definition) is 0. The molecule has 1 aromatic carbocycles. The van der Waals surface area contributed by atoms with Crippen LogP contribution in [0.3, 0.4) is 0 Å². The number of imidazole rings is 1. The van der Waals surface area contributed by atoms with Crippen molar-refractivity contribution >= 4 is 22.6 Å². The fourth-order valence-electron chi connectivity index (χ4n) is 2.31. The minimum Gasteiger partial charge on any atom is -0.494 e. The lowest BCUT2D eigenvalue weighted by Crippen LogP contribution is -2.06. The topological polar surface area (TPSA) is 27.1 Å². The van der Waals surface area contributed by atoms with Gasteiger partial charge in [0.15, 0.2) is 0 Å². The first kappa shape index (κ1) is 15.2. The van der Waals surface area contributed by atoms with Gasteiger partial charge in [-0.05, 0) is 38.3 Å². The second-order valence-corrected chi connectivity index (χ2v) is 6.16. The molecule has 0 fully saturated rings. The van der Waals surface area contributed by atoms with E-state index in [1.54, 1.807) is 0 Å². The molecule has 1 atom stereocenters. The highest BCUT2D eigenvalue weighted by atomic mass is 35.5. The average Bonchev–Trinajstić information content (AvgIpc) is 2.74. The molecule has 0 radical (unpaired) electrons. The van der Waals surface area contributed by atoms with Gasteiger partial charge in [0.2, 0.25) is 0 Å². The molecule has 1 unspecified atom stereocenters. The lowest BCUT2D eigenvalue weighted by atomic mass is 10.1. The summed E-state index contributed by atoms with van der Waals surface area (Å²) < 4.78 is 7.78. The largest absolute Gasteiger partial charge is 0.494 e. The van der Waals surface area contributed by atoms with E-state index in [2.05, 4.69) is 29.5 Å². The summed E-state index contributed by atoms with van der Waals surface area (Å²) in [7, 11) is 0. The molecule has 0 amide bonds. The maximum Gasteiger partial charge on any atom is 0.127 e. The summed E-state index contributed by atoms with van der Waals surface area (Å²) in [5.74, 6) is 2.46. The van der Waals surface area contributed by atoms with E-state index in [1.165, 1.54) is 0 Å². The number of alkyl halides is 1. The van der Waals surface area contributed by atoms with Crippen LogP contribution in [-0.2, 0) is 6.54 Å². The van der Waals surface area contributed by atoms with Crippen molar-refractivity contribution in [2.24, 2.45) is 5.92 Å². The second-order valence-electron chi connectivity index (χ2n) is 5.50. The molecule has 3 nitrogen and oxygen atoms in total. The van der Waals surface area contributed by atoms with Crippen LogP contribution in [0, 0.1) is 5.92 Å². The van der Waals surface area contributed by atoms with E-state index in [9.17, 15) is 0 Å². The molecule has 0 spiro atoms. The van der Waals surface area contributed by atoms with E-state index in [-0.39, 0.29) is 5.38 Å². The van der Waals surface area contributed by atoms with Crippen molar-refractivity contribution < 1.29 is 4.74 Å². The zero-order valence-electron chi connectivity index (χ0n) is 12.7. The van der Waals surface area contributed by atoms with Crippen molar-refractivity contribution in [2.45, 2.75) is 46.0 Å². The number of ether oxygens (including phenoxy) is 1. The third-order valence-corrected chi connectivity index (χ3v) is 3.54. The maximum atomic E-state index is 6.28. The molecule has 4 heteroatoms. The molecule has 0 aliphatic heterocycles. The number of fused-ring (bicyclic) bond motifs is 1. The monoisotopic (exact) mass is 294 g/mol. The maximum absolute atomic E-state index is 6.28. The van der Waals surface area contributed by atoms with Crippen LogP contribution < -0.4 is 4.74 Å². The fraction of sp³-hybridized carbons (Fsp3) is 0.562. The number of aromatic nitrogens is 2. The van der Waals surface area contributed by atoms with E-state index >= 15 is 0 Å². The van der Waals surface area contributed by atoms with E-state index in [0.29, 0.717) is 12.5 Å². The molecule has 1 aromatic heterocycles. The molecule has 0 bridgehead atoms. The van der Waals surface area contributed by atoms with Crippen LogP contribution in [-0.4, -0.2) is 16.2 Å². The Balaban J connectivity index is 2.43. The molecule has 20 heavy (non-hydrogen) atoms. The van der Waals surface area contributed by atoms with Crippen LogP contribution in [0.1, 0.15) is 45.3 Å². The molecule has 110 valence electrons. The van der Waals surface area contributed by atoms with Crippen LogP contribution in [0.5, 0.6) is 5.75 Å². The van der Waals surface area contributed by atoms with Gasteiger partial charge in [0.25, 0.3) is 0 Å². The highest BCUT2D eigenvalue weighted by Crippen LogP contribution is 2.28. The highest BCUT2D eigenvalue weighted by Gasteiger charge is 2.15. The molecule has 0 N–H and O–H groups in total. The van der Waals surface area contributed by atoms with Crippen molar-refractivity contribution in [3.05, 3.63) is 24.0 Å². The Kier molecular flexibility index (Phi) is 4.92. The van der Waals surface area contributed by atoms with Gasteiger partial charge in [0.05, 0.1) is 23.0 Å². The van der Waals surface area contributed by atoms with Crippen LogP contribution >= 0.6 is 11.6 Å². The minimum absolute atomic E-state index is 0.0925. The molecular weight excluding hydrogens is 272 g/mol. The zero-order valence-corrected chi connectivity index (χ0v) is 13.4. The van der Waals surface area contributed by atoms with Crippen molar-refractivity contribution in [1.29, 1.82) is 0 Å². The quantitative estimate of drug-likeness (QED) is 0.717. The molecular formula is C16H23ClN2O. The zero-order chi connectivity index (χ0) is 14.7. The van der Waals surface area contributed by atoms with Gasteiger partial charge in [-0.15, -0.1) is 11.6 Å². The van der Waals surface area contributed by atoms with Gasteiger partial charge in [-0.1, -0.05) is 13.8 Å². The van der Waals surface area contributed by atoms with Crippen LogP contribution in [0.15, 0.2) is 18.2 Å². The molecule has 0 aliphatic rings. The van der Waals surface area contributed by atoms with E-state index in [4.69, 9.17) is 16.3 Å². The van der Waals surface area contributed by atoms with Gasteiger partial charge in [0.1, 0.15) is 11.6 Å². The lowest BCUT2D eigenvalue weighted by Gasteiger charge is -2.12. The standard InChI is InChI=1S/C16H23ClN2O/c1-5-20-13-6-7-15-14(10-13)18-16(12(4)17)19(15)9-8-11(2)3/h6-7,10-12H,5,8-9H2,1-4H3. The van der Waals surface area contributed by atoms with Crippen molar-refractivity contribution in [3.8, 4) is 5.75 Å². The first-order valence-corrected chi connectivity index (χ1v) is 7.73. The van der Waals surface area contributed by atoms with Gasteiger partial charge in [0, 0.05) is 12.6 Å². The van der Waals surface area contributed by atoms with Gasteiger partial charge in [-0.3, -0.25) is 0 Å². The number of benzene rings is 1. The minimum atomic E-state index is -0.0925. The molecule has 0 aliphatic carbocycles. The third kappa shape index (κ3) is 3.26. The van der Waals surface area contributed by atoms with Gasteiger partial charge >= 0.3 is 0 Å². The Morgan fingerprint density at radius 3 is 2.65 bits per heavy atom. The summed E-state index contributed by atoms with van der Waals surface area (Å²) in [6, 6.07) is 6.08. The first-order chi connectivity index (χ1) is 9.52. The Morgan fingerprint density at radius 1 is 1.30 bits per heavy atom. The van der Waals surface area contributed by atoms with Crippen LogP contribution in [0.25, 0.3) is 11.0 Å². The number of aryl methyl sites for hydroxylation is 1. The fourth-order valence-corrected chi connectivity index (χ4v) is 2.48. The molecule has 0 saturated heterocycles. The summed E-state index contributed by atoms with van der Waals surface area (Å²) in [4.78, 5) is 4.68. The van der Waals surface area contributed by atoms with Crippen LogP contribution in [0.2, 0.25) is 0 Å². The first-order valence-electron chi connectivity index (χ1n) is 7.30. The molecule has 0 saturated carbocycles. The summed E-state index contributed by atoms with van der Waals surface area (Å²) in [5.41, 5.74) is 2.10. The molecule has 2 rings (SSSR count). The van der Waals surface area contributed by atoms with E-state index in [1.807, 2.05) is 26.0 Å². The smallest absolute Gasteiger partial charge is 0.127 e. The van der Waals surface area contributed by atoms with E-state index in [0.717, 1.165) is 35.6 Å². The summed E-state index contributed by atoms with van der Waals surface area (Å²) in [6.45, 7) is 10.0. The second kappa shape index (κ2) is 6.49. The number of nitrogens with zero attached hydrogens (tertiary/aromatic N) is 2. The Morgan fingerprint density at radius 2 is 2.05 bits per heavy atom. The molecule has 1 heterocycles. The average molecular weight is 295 g/mol. The van der Waals surface area contributed by atoms with Gasteiger partial charge in [-0.25, -0.2) is 4.98 Å². The Bertz CT molecular complexity index is 575. The lowest BCUT2D eigenvalue weighted by molar-refractivity contribution is 0.340. The van der Waals surface area contributed by atoms with Gasteiger partial charge in [-0.2, -0.15) is 0 Å². The van der Waals surface area contributed by atoms with E-state index < -0.39 is 0 Å². The van der Waals surface area contributed by atoms with Crippen molar-refractivity contribution in [2.75, 3.05) is 6.61 Å². The molecule has 2 aromatic rings. The number of hydrogen-bond acceptors (Lipinski definition) is 2. The van der Waals surface area contributed by atoms with Crippen molar-refractivity contribution in [3.63, 3.8) is 0 Å². The predicted octanol–water partition coefficient (Wildman–Crippen LogP) is 4.78. The highest BCUT2D eigenvalue weighted by molar-refractivity contribution is 6.20.